The van der Waals surface area contributed by atoms with Gasteiger partial charge in [-0.15, -0.1) is 0 Å². The van der Waals surface area contributed by atoms with Gasteiger partial charge < -0.3 is 15.2 Å². The summed E-state index contributed by atoms with van der Waals surface area (Å²) < 4.78 is 7.21. The summed E-state index contributed by atoms with van der Waals surface area (Å²) >= 11 is 0. The maximum Gasteiger partial charge on any atom is 0.308 e. The summed E-state index contributed by atoms with van der Waals surface area (Å²) in [7, 11) is 0. The van der Waals surface area contributed by atoms with Crippen LogP contribution in [-0.2, 0) is 9.53 Å². The van der Waals surface area contributed by atoms with Crippen molar-refractivity contribution in [1.29, 1.82) is 0 Å². The number of nitrogens with zero attached hydrogens (tertiary/aromatic N) is 3. The molecular weight excluding hydrogens is 308 g/mol. The highest BCUT2D eigenvalue weighted by Crippen LogP contribution is 2.24. The fraction of sp³-hybridized carbons (Fsp3) is 0.471. The summed E-state index contributed by atoms with van der Waals surface area (Å²) in [5, 5.41) is 12.7. The van der Waals surface area contributed by atoms with Gasteiger partial charge in [0.15, 0.2) is 0 Å². The van der Waals surface area contributed by atoms with Crippen molar-refractivity contribution >= 4 is 11.8 Å². The number of rotatable bonds is 6. The largest absolute Gasteiger partial charge is 0.481 e. The SMILES string of the molecule is Cc1nccn1-c1cccc(NCC(C(=O)O)C2CCOCC2)n1. The first kappa shape index (κ1) is 16.4. The first-order valence-electron chi connectivity index (χ1n) is 8.17. The lowest BCUT2D eigenvalue weighted by molar-refractivity contribution is -0.144. The minimum absolute atomic E-state index is 0.142. The monoisotopic (exact) mass is 330 g/mol. The topological polar surface area (TPSA) is 89.3 Å². The molecule has 1 atom stereocenters. The number of carbonyl (C=O) groups is 1. The van der Waals surface area contributed by atoms with Gasteiger partial charge in [-0.3, -0.25) is 9.36 Å². The second kappa shape index (κ2) is 7.44. The van der Waals surface area contributed by atoms with E-state index in [1.165, 1.54) is 0 Å². The van der Waals surface area contributed by atoms with Gasteiger partial charge >= 0.3 is 5.97 Å². The molecule has 0 amide bonds. The fourth-order valence-corrected chi connectivity index (χ4v) is 3.06. The Bertz CT molecular complexity index is 695. The molecule has 0 aliphatic carbocycles. The number of nitrogens with one attached hydrogen (secondary N) is 1. The third-order valence-corrected chi connectivity index (χ3v) is 4.46. The van der Waals surface area contributed by atoms with Crippen LogP contribution >= 0.6 is 0 Å². The molecule has 0 radical (unpaired) electrons. The molecule has 24 heavy (non-hydrogen) atoms. The summed E-state index contributed by atoms with van der Waals surface area (Å²) in [6.07, 6.45) is 5.16. The molecule has 7 nitrogen and oxygen atoms in total. The maximum atomic E-state index is 11.6. The Morgan fingerprint density at radius 3 is 2.92 bits per heavy atom. The molecule has 3 rings (SSSR count). The number of hydrogen-bond acceptors (Lipinski definition) is 5. The van der Waals surface area contributed by atoms with Gasteiger partial charge in [0, 0.05) is 32.2 Å². The molecule has 7 heteroatoms. The van der Waals surface area contributed by atoms with Crippen molar-refractivity contribution in [1.82, 2.24) is 14.5 Å². The molecule has 1 unspecified atom stereocenters. The molecule has 0 saturated carbocycles. The van der Waals surface area contributed by atoms with Gasteiger partial charge in [-0.2, -0.15) is 0 Å². The number of imidazole rings is 1. The summed E-state index contributed by atoms with van der Waals surface area (Å²) in [6, 6.07) is 5.64. The minimum atomic E-state index is -0.768. The summed E-state index contributed by atoms with van der Waals surface area (Å²) in [6.45, 7) is 3.55. The molecule has 0 bridgehead atoms. The number of pyridine rings is 1. The average molecular weight is 330 g/mol. The summed E-state index contributed by atoms with van der Waals surface area (Å²) in [5.74, 6) is 1.21. The lowest BCUT2D eigenvalue weighted by atomic mass is 9.86. The molecule has 2 N–H and O–H groups in total. The van der Waals surface area contributed by atoms with Gasteiger partial charge in [-0.05, 0) is 37.8 Å². The van der Waals surface area contributed by atoms with Gasteiger partial charge in [0.1, 0.15) is 17.5 Å². The van der Waals surface area contributed by atoms with Gasteiger partial charge in [-0.1, -0.05) is 6.07 Å². The van der Waals surface area contributed by atoms with Crippen LogP contribution < -0.4 is 5.32 Å². The third-order valence-electron chi connectivity index (χ3n) is 4.46. The Balaban J connectivity index is 1.69. The Kier molecular flexibility index (Phi) is 5.10. The van der Waals surface area contributed by atoms with Crippen molar-refractivity contribution in [2.75, 3.05) is 25.1 Å². The zero-order valence-electron chi connectivity index (χ0n) is 13.7. The molecule has 3 heterocycles. The van der Waals surface area contributed by atoms with Crippen LogP contribution in [-0.4, -0.2) is 45.4 Å². The number of aromatic nitrogens is 3. The van der Waals surface area contributed by atoms with E-state index in [0.717, 1.165) is 24.5 Å². The van der Waals surface area contributed by atoms with Gasteiger partial charge in [-0.25, -0.2) is 9.97 Å². The molecule has 2 aromatic heterocycles. The van der Waals surface area contributed by atoms with E-state index in [0.29, 0.717) is 25.6 Å². The van der Waals surface area contributed by atoms with E-state index in [-0.39, 0.29) is 5.92 Å². The lowest BCUT2D eigenvalue weighted by Gasteiger charge is -2.27. The molecule has 0 spiro atoms. The van der Waals surface area contributed by atoms with E-state index >= 15 is 0 Å². The van der Waals surface area contributed by atoms with Crippen LogP contribution in [0, 0.1) is 18.8 Å². The van der Waals surface area contributed by atoms with E-state index in [2.05, 4.69) is 15.3 Å². The van der Waals surface area contributed by atoms with E-state index < -0.39 is 11.9 Å². The van der Waals surface area contributed by atoms with Crippen LogP contribution in [0.1, 0.15) is 18.7 Å². The Morgan fingerprint density at radius 2 is 2.25 bits per heavy atom. The Morgan fingerprint density at radius 1 is 1.46 bits per heavy atom. The minimum Gasteiger partial charge on any atom is -0.481 e. The van der Waals surface area contributed by atoms with E-state index in [9.17, 15) is 9.90 Å². The van der Waals surface area contributed by atoms with Gasteiger partial charge in [0.25, 0.3) is 0 Å². The molecule has 1 saturated heterocycles. The molecule has 0 aromatic carbocycles. The van der Waals surface area contributed by atoms with Crippen LogP contribution in [0.4, 0.5) is 5.82 Å². The van der Waals surface area contributed by atoms with Crippen LogP contribution in [0.5, 0.6) is 0 Å². The Labute approximate surface area is 140 Å². The average Bonchev–Trinajstić information content (AvgIpc) is 3.02. The highest BCUT2D eigenvalue weighted by Gasteiger charge is 2.29. The van der Waals surface area contributed by atoms with Crippen molar-refractivity contribution in [2.24, 2.45) is 11.8 Å². The first-order valence-corrected chi connectivity index (χ1v) is 8.17. The zero-order chi connectivity index (χ0) is 16.9. The number of carboxylic acid groups (broad SMARTS) is 1. The maximum absolute atomic E-state index is 11.6. The number of ether oxygens (including phenoxy) is 1. The van der Waals surface area contributed by atoms with Gasteiger partial charge in [0.2, 0.25) is 0 Å². The van der Waals surface area contributed by atoms with Crippen molar-refractivity contribution in [3.8, 4) is 5.82 Å². The Hall–Kier alpha value is -2.41. The highest BCUT2D eigenvalue weighted by molar-refractivity contribution is 5.71. The second-order valence-corrected chi connectivity index (χ2v) is 6.00. The van der Waals surface area contributed by atoms with Crippen molar-refractivity contribution in [3.63, 3.8) is 0 Å². The highest BCUT2D eigenvalue weighted by atomic mass is 16.5. The lowest BCUT2D eigenvalue weighted by Crippen LogP contribution is -2.34. The molecule has 1 fully saturated rings. The van der Waals surface area contributed by atoms with Crippen LogP contribution in [0.25, 0.3) is 5.82 Å². The number of aliphatic carboxylic acids is 1. The number of aryl methyl sites for hydroxylation is 1. The predicted octanol–water partition coefficient (Wildman–Crippen LogP) is 2.12. The molecule has 1 aliphatic rings. The van der Waals surface area contributed by atoms with Crippen molar-refractivity contribution < 1.29 is 14.6 Å². The van der Waals surface area contributed by atoms with Crippen molar-refractivity contribution in [2.45, 2.75) is 19.8 Å². The second-order valence-electron chi connectivity index (χ2n) is 6.00. The van der Waals surface area contributed by atoms with Crippen LogP contribution in [0.2, 0.25) is 0 Å². The van der Waals surface area contributed by atoms with Gasteiger partial charge in [0.05, 0.1) is 5.92 Å². The first-order chi connectivity index (χ1) is 11.6. The standard InChI is InChI=1S/C17H22N4O3/c1-12-18-7-8-21(12)16-4-2-3-15(20-16)19-11-14(17(22)23)13-5-9-24-10-6-13/h2-4,7-8,13-14H,5-6,9-11H2,1H3,(H,19,20)(H,22,23). The quantitative estimate of drug-likeness (QED) is 0.843. The van der Waals surface area contributed by atoms with Crippen LogP contribution in [0.15, 0.2) is 30.6 Å². The van der Waals surface area contributed by atoms with Crippen LogP contribution in [0.3, 0.4) is 0 Å². The number of anilines is 1. The van der Waals surface area contributed by atoms with E-state index in [4.69, 9.17) is 4.74 Å². The molecule has 128 valence electrons. The third kappa shape index (κ3) is 3.73. The molecule has 1 aliphatic heterocycles. The van der Waals surface area contributed by atoms with E-state index in [1.54, 1.807) is 6.20 Å². The molecular formula is C17H22N4O3. The van der Waals surface area contributed by atoms with Crippen molar-refractivity contribution in [3.05, 3.63) is 36.4 Å². The van der Waals surface area contributed by atoms with E-state index in [1.807, 2.05) is 35.9 Å². The number of carboxylic acids is 1. The smallest absolute Gasteiger partial charge is 0.308 e. The zero-order valence-corrected chi connectivity index (χ0v) is 13.7. The fourth-order valence-electron chi connectivity index (χ4n) is 3.06. The summed E-state index contributed by atoms with van der Waals surface area (Å²) in [5.41, 5.74) is 0. The molecule has 2 aromatic rings. The normalized spacial score (nSPS) is 16.7. The number of hydrogen-bond donors (Lipinski definition) is 2. The summed E-state index contributed by atoms with van der Waals surface area (Å²) in [4.78, 5) is 20.3. The predicted molar refractivity (Wildman–Crippen MR) is 89.3 cm³/mol.